The molecule has 0 atom stereocenters. The van der Waals surface area contributed by atoms with E-state index in [9.17, 15) is 8.42 Å². The zero-order valence-electron chi connectivity index (χ0n) is 11.4. The third-order valence-electron chi connectivity index (χ3n) is 2.89. The largest absolute Gasteiger partial charge is 0.445 e. The summed E-state index contributed by atoms with van der Waals surface area (Å²) in [6.07, 6.45) is 2.30. The summed E-state index contributed by atoms with van der Waals surface area (Å²) in [6.45, 7) is 3.71. The molecule has 0 bridgehead atoms. The SMILES string of the molecule is CCc1ccc(S(=O)(=O)NCc2ncc(C)o2)cc1N. The molecule has 0 spiro atoms. The number of nitrogens with one attached hydrogen (secondary N) is 1. The number of nitrogens with two attached hydrogens (primary N) is 1. The van der Waals surface area contributed by atoms with Gasteiger partial charge in [0.1, 0.15) is 5.76 Å². The van der Waals surface area contributed by atoms with Crippen LogP contribution in [0.15, 0.2) is 33.7 Å². The number of oxazole rings is 1. The second-order valence-electron chi connectivity index (χ2n) is 4.40. The zero-order chi connectivity index (χ0) is 14.8. The first-order valence-corrected chi connectivity index (χ1v) is 7.70. The van der Waals surface area contributed by atoms with Crippen LogP contribution in [0.4, 0.5) is 5.69 Å². The highest BCUT2D eigenvalue weighted by molar-refractivity contribution is 7.89. The van der Waals surface area contributed by atoms with Gasteiger partial charge in [-0.3, -0.25) is 0 Å². The topological polar surface area (TPSA) is 98.2 Å². The number of sulfonamides is 1. The molecule has 7 heteroatoms. The molecule has 1 heterocycles. The molecule has 1 aromatic heterocycles. The minimum absolute atomic E-state index is 0.00556. The predicted molar refractivity (Wildman–Crippen MR) is 75.5 cm³/mol. The molecule has 2 rings (SSSR count). The van der Waals surface area contributed by atoms with Crippen molar-refractivity contribution in [2.75, 3.05) is 5.73 Å². The number of nitrogens with zero attached hydrogens (tertiary/aromatic N) is 1. The number of nitrogen functional groups attached to an aromatic ring is 1. The highest BCUT2D eigenvalue weighted by Gasteiger charge is 2.16. The summed E-state index contributed by atoms with van der Waals surface area (Å²) in [7, 11) is -3.63. The lowest BCUT2D eigenvalue weighted by Gasteiger charge is -2.08. The molecular formula is C13H17N3O3S. The van der Waals surface area contributed by atoms with Crippen LogP contribution in [-0.2, 0) is 23.0 Å². The molecule has 0 saturated heterocycles. The van der Waals surface area contributed by atoms with Crippen LogP contribution in [0.5, 0.6) is 0 Å². The number of hydrogen-bond donors (Lipinski definition) is 2. The van der Waals surface area contributed by atoms with Crippen molar-refractivity contribution in [3.05, 3.63) is 41.6 Å². The van der Waals surface area contributed by atoms with E-state index in [2.05, 4.69) is 9.71 Å². The van der Waals surface area contributed by atoms with Crippen molar-refractivity contribution in [3.8, 4) is 0 Å². The Morgan fingerprint density at radius 1 is 1.40 bits per heavy atom. The predicted octanol–water partition coefficient (Wildman–Crippen LogP) is 1.61. The first-order valence-electron chi connectivity index (χ1n) is 6.21. The van der Waals surface area contributed by atoms with Gasteiger partial charge in [-0.1, -0.05) is 13.0 Å². The lowest BCUT2D eigenvalue weighted by Crippen LogP contribution is -2.23. The van der Waals surface area contributed by atoms with Crippen molar-refractivity contribution in [1.82, 2.24) is 9.71 Å². The van der Waals surface area contributed by atoms with Gasteiger partial charge in [0, 0.05) is 5.69 Å². The van der Waals surface area contributed by atoms with Crippen LogP contribution in [0.1, 0.15) is 24.1 Å². The molecule has 1 aromatic carbocycles. The highest BCUT2D eigenvalue weighted by atomic mass is 32.2. The van der Waals surface area contributed by atoms with Crippen LogP contribution in [0.25, 0.3) is 0 Å². The van der Waals surface area contributed by atoms with E-state index < -0.39 is 10.0 Å². The first-order chi connectivity index (χ1) is 9.42. The van der Waals surface area contributed by atoms with Crippen LogP contribution in [0.2, 0.25) is 0 Å². The molecule has 20 heavy (non-hydrogen) atoms. The quantitative estimate of drug-likeness (QED) is 0.816. The summed E-state index contributed by atoms with van der Waals surface area (Å²) in [5.74, 6) is 0.958. The molecule has 0 aliphatic heterocycles. The Bertz CT molecular complexity index is 707. The summed E-state index contributed by atoms with van der Waals surface area (Å²) < 4.78 is 31.9. The van der Waals surface area contributed by atoms with Gasteiger partial charge >= 0.3 is 0 Å². The van der Waals surface area contributed by atoms with Gasteiger partial charge in [0.15, 0.2) is 0 Å². The van der Waals surface area contributed by atoms with E-state index in [-0.39, 0.29) is 11.4 Å². The van der Waals surface area contributed by atoms with Crippen molar-refractivity contribution >= 4 is 15.7 Å². The zero-order valence-corrected chi connectivity index (χ0v) is 12.2. The summed E-state index contributed by atoms with van der Waals surface area (Å²) in [6, 6.07) is 4.72. The Balaban J connectivity index is 2.15. The summed E-state index contributed by atoms with van der Waals surface area (Å²) in [4.78, 5) is 4.07. The van der Waals surface area contributed by atoms with E-state index in [1.54, 1.807) is 19.1 Å². The summed E-state index contributed by atoms with van der Waals surface area (Å²) in [5, 5.41) is 0. The highest BCUT2D eigenvalue weighted by Crippen LogP contribution is 2.18. The van der Waals surface area contributed by atoms with Gasteiger partial charge in [-0.05, 0) is 31.0 Å². The lowest BCUT2D eigenvalue weighted by atomic mass is 10.1. The summed E-state index contributed by atoms with van der Waals surface area (Å²) in [5.41, 5.74) is 7.21. The first kappa shape index (κ1) is 14.5. The smallest absolute Gasteiger partial charge is 0.241 e. The monoisotopic (exact) mass is 295 g/mol. The number of benzene rings is 1. The molecule has 0 aliphatic rings. The normalized spacial score (nSPS) is 11.7. The van der Waals surface area contributed by atoms with Gasteiger partial charge in [-0.25, -0.2) is 18.1 Å². The number of anilines is 1. The standard InChI is InChI=1S/C13H17N3O3S/c1-3-10-4-5-11(6-12(10)14)20(17,18)16-8-13-15-7-9(2)19-13/h4-7,16H,3,8,14H2,1-2H3. The Hall–Kier alpha value is -1.86. The molecule has 0 radical (unpaired) electrons. The van der Waals surface area contributed by atoms with Gasteiger partial charge in [0.05, 0.1) is 17.6 Å². The minimum Gasteiger partial charge on any atom is -0.445 e. The van der Waals surface area contributed by atoms with Crippen LogP contribution >= 0.6 is 0 Å². The average Bonchev–Trinajstić information content (AvgIpc) is 2.82. The molecule has 0 saturated carbocycles. The van der Waals surface area contributed by atoms with Crippen LogP contribution < -0.4 is 10.5 Å². The Morgan fingerprint density at radius 3 is 2.70 bits per heavy atom. The van der Waals surface area contributed by atoms with Crippen molar-refractivity contribution < 1.29 is 12.8 Å². The number of rotatable bonds is 5. The number of aromatic nitrogens is 1. The second kappa shape index (κ2) is 5.64. The Labute approximate surface area is 118 Å². The molecule has 0 aliphatic carbocycles. The molecule has 0 amide bonds. The minimum atomic E-state index is -3.63. The maximum Gasteiger partial charge on any atom is 0.241 e. The van der Waals surface area contributed by atoms with Gasteiger partial charge in [0.2, 0.25) is 15.9 Å². The fourth-order valence-corrected chi connectivity index (χ4v) is 2.79. The number of aryl methyl sites for hydroxylation is 2. The fourth-order valence-electron chi connectivity index (χ4n) is 1.79. The molecule has 0 fully saturated rings. The Kier molecular flexibility index (Phi) is 4.10. The maximum atomic E-state index is 12.1. The van der Waals surface area contributed by atoms with Gasteiger partial charge in [0.25, 0.3) is 0 Å². The van der Waals surface area contributed by atoms with E-state index in [0.717, 1.165) is 12.0 Å². The molecule has 6 nitrogen and oxygen atoms in total. The average molecular weight is 295 g/mol. The van der Waals surface area contributed by atoms with Gasteiger partial charge < -0.3 is 10.2 Å². The van der Waals surface area contributed by atoms with Crippen LogP contribution in [-0.4, -0.2) is 13.4 Å². The third kappa shape index (κ3) is 3.17. The van der Waals surface area contributed by atoms with E-state index in [4.69, 9.17) is 10.2 Å². The molecule has 3 N–H and O–H groups in total. The molecular weight excluding hydrogens is 278 g/mol. The van der Waals surface area contributed by atoms with Crippen LogP contribution in [0.3, 0.4) is 0 Å². The molecule has 0 unspecified atom stereocenters. The van der Waals surface area contributed by atoms with Gasteiger partial charge in [-0.15, -0.1) is 0 Å². The molecule has 2 aromatic rings. The van der Waals surface area contributed by atoms with Crippen molar-refractivity contribution in [2.24, 2.45) is 0 Å². The van der Waals surface area contributed by atoms with Gasteiger partial charge in [-0.2, -0.15) is 0 Å². The van der Waals surface area contributed by atoms with E-state index in [0.29, 0.717) is 17.3 Å². The summed E-state index contributed by atoms with van der Waals surface area (Å²) >= 11 is 0. The van der Waals surface area contributed by atoms with Crippen LogP contribution in [0, 0.1) is 6.92 Å². The maximum absolute atomic E-state index is 12.1. The second-order valence-corrected chi connectivity index (χ2v) is 6.17. The lowest BCUT2D eigenvalue weighted by molar-refractivity contribution is 0.463. The van der Waals surface area contributed by atoms with E-state index in [1.165, 1.54) is 12.3 Å². The van der Waals surface area contributed by atoms with E-state index in [1.807, 2.05) is 6.92 Å². The van der Waals surface area contributed by atoms with Crippen molar-refractivity contribution in [1.29, 1.82) is 0 Å². The molecule has 108 valence electrons. The number of hydrogen-bond acceptors (Lipinski definition) is 5. The Morgan fingerprint density at radius 2 is 2.15 bits per heavy atom. The van der Waals surface area contributed by atoms with E-state index >= 15 is 0 Å². The third-order valence-corrected chi connectivity index (χ3v) is 4.29. The fraction of sp³-hybridized carbons (Fsp3) is 0.308. The van der Waals surface area contributed by atoms with Crippen molar-refractivity contribution in [3.63, 3.8) is 0 Å². The van der Waals surface area contributed by atoms with Crippen molar-refractivity contribution in [2.45, 2.75) is 31.7 Å².